The van der Waals surface area contributed by atoms with Gasteiger partial charge in [-0.1, -0.05) is 290 Å². The maximum atomic E-state index is 12.9. The highest BCUT2D eigenvalue weighted by Gasteiger charge is 2.19. The number of hydrogen-bond acceptors (Lipinski definition) is 6. The lowest BCUT2D eigenvalue weighted by Crippen LogP contribution is -2.30. The summed E-state index contributed by atoms with van der Waals surface area (Å²) < 4.78 is 16.8. The van der Waals surface area contributed by atoms with Crippen LogP contribution >= 0.6 is 0 Å². The fraction of sp³-hybridized carbons (Fsp3) is 0.671. The van der Waals surface area contributed by atoms with E-state index in [0.717, 1.165) is 103 Å². The predicted molar refractivity (Wildman–Crippen MR) is 330 cm³/mol. The van der Waals surface area contributed by atoms with Crippen molar-refractivity contribution >= 4 is 17.9 Å². The summed E-state index contributed by atoms with van der Waals surface area (Å²) in [6.45, 7) is 6.36. The topological polar surface area (TPSA) is 78.9 Å². The molecule has 0 rings (SSSR count). The Kier molecular flexibility index (Phi) is 59.9. The number of allylic oxidation sites excluding steroid dienone is 20. The van der Waals surface area contributed by atoms with E-state index < -0.39 is 12.1 Å². The molecule has 0 heterocycles. The molecule has 432 valence electrons. The summed E-state index contributed by atoms with van der Waals surface area (Å²) in [7, 11) is 0. The van der Waals surface area contributed by atoms with Gasteiger partial charge < -0.3 is 14.2 Å². The number of carbonyl (C=O) groups excluding carboxylic acids is 3. The van der Waals surface area contributed by atoms with Crippen molar-refractivity contribution in [3.8, 4) is 0 Å². The van der Waals surface area contributed by atoms with E-state index in [-0.39, 0.29) is 31.6 Å². The van der Waals surface area contributed by atoms with Crippen LogP contribution in [0, 0.1) is 0 Å². The summed E-state index contributed by atoms with van der Waals surface area (Å²) >= 11 is 0. The number of hydrogen-bond donors (Lipinski definition) is 0. The monoisotopic (exact) mass is 1050 g/mol. The second-order valence-electron chi connectivity index (χ2n) is 20.6. The van der Waals surface area contributed by atoms with Crippen molar-refractivity contribution in [1.82, 2.24) is 0 Å². The Hall–Kier alpha value is -4.19. The molecule has 1 atom stereocenters. The summed E-state index contributed by atoms with van der Waals surface area (Å²) in [5.74, 6) is -0.988. The van der Waals surface area contributed by atoms with Crippen molar-refractivity contribution in [1.29, 1.82) is 0 Å². The van der Waals surface area contributed by atoms with Gasteiger partial charge in [0, 0.05) is 19.3 Å². The number of ether oxygens (including phenoxy) is 3. The minimum absolute atomic E-state index is 0.107. The standard InChI is InChI=1S/C70H116O6/c1-4-7-10-13-16-19-22-25-27-29-31-32-33-34-35-36-37-38-40-41-43-45-48-51-54-57-60-63-69(72)75-66-67(65-74-68(71)62-59-56-53-50-47-24-21-18-15-12-9-6-3)76-70(73)64-61-58-55-52-49-46-44-42-39-30-28-26-23-20-17-14-11-8-5-2/h7-8,10-11,16-17,19-20,25-28,31-32,39,42,46,49,55,58,67H,4-6,9,12-15,18,21-24,29-30,33-38,40-41,43-45,47-48,50-54,56-57,59-66H2,1-3H3/b10-7-,11-8-,19-16-,20-17-,27-25-,28-26-,32-31-,42-39-,49-46-,58-55-. The zero-order chi connectivity index (χ0) is 55.0. The first kappa shape index (κ1) is 71.8. The van der Waals surface area contributed by atoms with Gasteiger partial charge >= 0.3 is 17.9 Å². The molecule has 0 amide bonds. The quantitative estimate of drug-likeness (QED) is 0.0261. The minimum Gasteiger partial charge on any atom is -0.462 e. The van der Waals surface area contributed by atoms with Gasteiger partial charge in [0.15, 0.2) is 6.10 Å². The molecule has 0 aromatic heterocycles. The van der Waals surface area contributed by atoms with Crippen molar-refractivity contribution in [3.05, 3.63) is 122 Å². The molecule has 0 radical (unpaired) electrons. The Bertz CT molecular complexity index is 1590. The second kappa shape index (κ2) is 63.3. The van der Waals surface area contributed by atoms with Crippen LogP contribution in [0.4, 0.5) is 0 Å². The molecular formula is C70H116O6. The fourth-order valence-corrected chi connectivity index (χ4v) is 8.58. The minimum atomic E-state index is -0.820. The van der Waals surface area contributed by atoms with Gasteiger partial charge in [-0.3, -0.25) is 14.4 Å². The lowest BCUT2D eigenvalue weighted by Gasteiger charge is -2.18. The Morgan fingerprint density at radius 3 is 0.855 bits per heavy atom. The van der Waals surface area contributed by atoms with E-state index >= 15 is 0 Å². The highest BCUT2D eigenvalue weighted by Crippen LogP contribution is 2.16. The third-order valence-electron chi connectivity index (χ3n) is 13.2. The second-order valence-corrected chi connectivity index (χ2v) is 20.6. The van der Waals surface area contributed by atoms with Crippen LogP contribution in [0.15, 0.2) is 122 Å². The van der Waals surface area contributed by atoms with Gasteiger partial charge in [0.05, 0.1) is 0 Å². The zero-order valence-corrected chi connectivity index (χ0v) is 49.5. The Morgan fingerprint density at radius 1 is 0.276 bits per heavy atom. The van der Waals surface area contributed by atoms with E-state index in [1.165, 1.54) is 135 Å². The van der Waals surface area contributed by atoms with Crippen LogP contribution < -0.4 is 0 Å². The molecule has 0 saturated heterocycles. The molecule has 76 heavy (non-hydrogen) atoms. The molecule has 0 spiro atoms. The van der Waals surface area contributed by atoms with Crippen LogP contribution in [0.3, 0.4) is 0 Å². The largest absolute Gasteiger partial charge is 0.462 e. The summed E-state index contributed by atoms with van der Waals surface area (Å²) in [5.41, 5.74) is 0. The van der Waals surface area contributed by atoms with Crippen molar-refractivity contribution in [3.63, 3.8) is 0 Å². The van der Waals surface area contributed by atoms with Crippen molar-refractivity contribution in [2.24, 2.45) is 0 Å². The van der Waals surface area contributed by atoms with E-state index in [2.05, 4.69) is 136 Å². The molecule has 0 aliphatic carbocycles. The molecule has 0 aliphatic rings. The molecule has 0 bridgehead atoms. The molecule has 0 N–H and O–H groups in total. The van der Waals surface area contributed by atoms with Crippen LogP contribution in [0.1, 0.15) is 284 Å². The molecule has 6 heteroatoms. The third-order valence-corrected chi connectivity index (χ3v) is 13.2. The Morgan fingerprint density at radius 2 is 0.539 bits per heavy atom. The van der Waals surface area contributed by atoms with Gasteiger partial charge in [-0.05, 0) is 96.3 Å². The summed E-state index contributed by atoms with van der Waals surface area (Å²) in [6.07, 6.45) is 87.9. The van der Waals surface area contributed by atoms with E-state index in [9.17, 15) is 14.4 Å². The van der Waals surface area contributed by atoms with Gasteiger partial charge in [-0.15, -0.1) is 0 Å². The lowest BCUT2D eigenvalue weighted by atomic mass is 10.0. The van der Waals surface area contributed by atoms with Crippen molar-refractivity contribution in [2.45, 2.75) is 290 Å². The first-order valence-corrected chi connectivity index (χ1v) is 31.5. The first-order chi connectivity index (χ1) is 37.5. The third kappa shape index (κ3) is 60.7. The smallest absolute Gasteiger partial charge is 0.306 e. The van der Waals surface area contributed by atoms with Crippen molar-refractivity contribution in [2.75, 3.05) is 13.2 Å². The van der Waals surface area contributed by atoms with E-state index in [1.807, 2.05) is 6.08 Å². The average Bonchev–Trinajstić information content (AvgIpc) is 3.42. The van der Waals surface area contributed by atoms with Crippen LogP contribution in [0.25, 0.3) is 0 Å². The van der Waals surface area contributed by atoms with Crippen LogP contribution in [0.5, 0.6) is 0 Å². The predicted octanol–water partition coefficient (Wildman–Crippen LogP) is 21.6. The molecule has 0 saturated carbocycles. The Labute approximate surface area is 469 Å². The van der Waals surface area contributed by atoms with Gasteiger partial charge in [0.1, 0.15) is 13.2 Å². The summed E-state index contributed by atoms with van der Waals surface area (Å²) in [5, 5.41) is 0. The molecule has 0 aromatic carbocycles. The van der Waals surface area contributed by atoms with Crippen LogP contribution in [0.2, 0.25) is 0 Å². The summed E-state index contributed by atoms with van der Waals surface area (Å²) in [6, 6.07) is 0. The number of rotatable bonds is 56. The molecule has 1 unspecified atom stereocenters. The first-order valence-electron chi connectivity index (χ1n) is 31.5. The molecule has 0 aromatic rings. The molecule has 0 aliphatic heterocycles. The molecule has 0 fully saturated rings. The highest BCUT2D eigenvalue weighted by atomic mass is 16.6. The number of unbranched alkanes of at least 4 members (excludes halogenated alkanes) is 25. The molecule has 6 nitrogen and oxygen atoms in total. The van der Waals surface area contributed by atoms with E-state index in [1.54, 1.807) is 0 Å². The fourth-order valence-electron chi connectivity index (χ4n) is 8.58. The number of esters is 3. The highest BCUT2D eigenvalue weighted by molar-refractivity contribution is 5.71. The van der Waals surface area contributed by atoms with Gasteiger partial charge in [-0.25, -0.2) is 0 Å². The number of carbonyl (C=O) groups is 3. The summed E-state index contributed by atoms with van der Waals surface area (Å²) in [4.78, 5) is 38.2. The van der Waals surface area contributed by atoms with E-state index in [0.29, 0.717) is 19.3 Å². The normalized spacial score (nSPS) is 12.9. The van der Waals surface area contributed by atoms with Crippen LogP contribution in [-0.4, -0.2) is 37.2 Å². The lowest BCUT2D eigenvalue weighted by molar-refractivity contribution is -0.166. The van der Waals surface area contributed by atoms with Gasteiger partial charge in [0.25, 0.3) is 0 Å². The maximum absolute atomic E-state index is 12.9. The van der Waals surface area contributed by atoms with Crippen LogP contribution in [-0.2, 0) is 28.6 Å². The average molecular weight is 1050 g/mol. The van der Waals surface area contributed by atoms with Crippen molar-refractivity contribution < 1.29 is 28.6 Å². The SMILES string of the molecule is CC/C=C\C/C=C\C/C=C\C/C=C\C/C=C\C/C=C\CCC(=O)OC(COC(=O)CCCCCCCCCCCCCC)COC(=O)CCCCCCCCCCCCCCCC/C=C\C/C=C\C/C=C\C/C=C\CC. The van der Waals surface area contributed by atoms with Gasteiger partial charge in [0.2, 0.25) is 0 Å². The van der Waals surface area contributed by atoms with Gasteiger partial charge in [-0.2, -0.15) is 0 Å². The maximum Gasteiger partial charge on any atom is 0.306 e. The Balaban J connectivity index is 4.36. The zero-order valence-electron chi connectivity index (χ0n) is 49.5. The molecular weight excluding hydrogens is 937 g/mol. The van der Waals surface area contributed by atoms with E-state index in [4.69, 9.17) is 14.2 Å².